The molecule has 3 aromatic rings. The molecule has 0 spiro atoms. The number of rotatable bonds is 8. The van der Waals surface area contributed by atoms with Gasteiger partial charge >= 0.3 is 0 Å². The number of ether oxygens (including phenoxy) is 3. The van der Waals surface area contributed by atoms with Crippen molar-refractivity contribution in [2.24, 2.45) is 0 Å². The minimum Gasteiger partial charge on any atom is -0.497 e. The molecule has 0 unspecified atom stereocenters. The summed E-state index contributed by atoms with van der Waals surface area (Å²) in [5.41, 5.74) is 3.07. The fraction of sp³-hybridized carbons (Fsp3) is 0.364. The summed E-state index contributed by atoms with van der Waals surface area (Å²) >= 11 is 1.67. The first-order valence-corrected chi connectivity index (χ1v) is 11.1. The van der Waals surface area contributed by atoms with Crippen LogP contribution in [0.15, 0.2) is 41.4 Å². The van der Waals surface area contributed by atoms with E-state index in [2.05, 4.69) is 32.5 Å². The predicted octanol–water partition coefficient (Wildman–Crippen LogP) is 4.00. The second kappa shape index (κ2) is 9.93. The average Bonchev–Trinajstić information content (AvgIpc) is 3.22. The molecular formula is C22H27N5O3S. The third kappa shape index (κ3) is 5.62. The first-order chi connectivity index (χ1) is 15.1. The summed E-state index contributed by atoms with van der Waals surface area (Å²) in [5.74, 6) is 4.02. The van der Waals surface area contributed by atoms with Crippen molar-refractivity contribution >= 4 is 29.1 Å². The van der Waals surface area contributed by atoms with E-state index in [4.69, 9.17) is 19.2 Å². The molecule has 2 aromatic heterocycles. The number of nitrogens with zero attached hydrogens (tertiary/aromatic N) is 3. The smallest absolute Gasteiger partial charge is 0.152 e. The van der Waals surface area contributed by atoms with Crippen LogP contribution in [0, 0.1) is 6.92 Å². The molecule has 0 saturated carbocycles. The Bertz CT molecular complexity index is 998. The van der Waals surface area contributed by atoms with Gasteiger partial charge < -0.3 is 24.4 Å². The minimum absolute atomic E-state index is 0.712. The molecular weight excluding hydrogens is 414 g/mol. The number of aromatic amines is 1. The van der Waals surface area contributed by atoms with Gasteiger partial charge in [-0.2, -0.15) is 5.10 Å². The van der Waals surface area contributed by atoms with Crippen LogP contribution in [0.3, 0.4) is 0 Å². The zero-order valence-electron chi connectivity index (χ0n) is 18.0. The predicted molar refractivity (Wildman–Crippen MR) is 123 cm³/mol. The van der Waals surface area contributed by atoms with Crippen molar-refractivity contribution in [1.29, 1.82) is 0 Å². The van der Waals surface area contributed by atoms with E-state index in [1.54, 1.807) is 26.0 Å². The molecule has 8 nitrogen and oxygen atoms in total. The number of nitrogens with one attached hydrogen (secondary N) is 2. The molecule has 9 heteroatoms. The summed E-state index contributed by atoms with van der Waals surface area (Å²) < 4.78 is 16.3. The quantitative estimate of drug-likeness (QED) is 0.508. The Kier molecular flexibility index (Phi) is 6.83. The lowest BCUT2D eigenvalue weighted by molar-refractivity contribution is 0.122. The molecule has 2 N–H and O–H groups in total. The number of aromatic nitrogens is 3. The number of aryl methyl sites for hydroxylation is 1. The van der Waals surface area contributed by atoms with Crippen molar-refractivity contribution in [1.82, 2.24) is 15.2 Å². The highest BCUT2D eigenvalue weighted by molar-refractivity contribution is 7.98. The number of benzene rings is 1. The maximum absolute atomic E-state index is 5.50. The lowest BCUT2D eigenvalue weighted by atomic mass is 10.2. The number of methoxy groups -OCH3 is 2. The van der Waals surface area contributed by atoms with E-state index in [1.807, 2.05) is 31.2 Å². The van der Waals surface area contributed by atoms with Crippen LogP contribution in [-0.2, 0) is 10.5 Å². The van der Waals surface area contributed by atoms with Gasteiger partial charge in [0.1, 0.15) is 22.3 Å². The lowest BCUT2D eigenvalue weighted by Crippen LogP contribution is -2.36. The molecule has 0 aliphatic carbocycles. The largest absolute Gasteiger partial charge is 0.497 e. The maximum atomic E-state index is 5.50. The lowest BCUT2D eigenvalue weighted by Gasteiger charge is -2.28. The summed E-state index contributed by atoms with van der Waals surface area (Å²) in [4.78, 5) is 7.16. The highest BCUT2D eigenvalue weighted by atomic mass is 32.2. The number of pyridine rings is 1. The van der Waals surface area contributed by atoms with Crippen molar-refractivity contribution in [3.8, 4) is 11.5 Å². The van der Waals surface area contributed by atoms with Gasteiger partial charge in [-0.1, -0.05) is 0 Å². The topological polar surface area (TPSA) is 84.5 Å². The van der Waals surface area contributed by atoms with Gasteiger partial charge in [-0.15, -0.1) is 11.8 Å². The van der Waals surface area contributed by atoms with Crippen LogP contribution in [0.1, 0.15) is 11.3 Å². The van der Waals surface area contributed by atoms with Crippen LogP contribution in [0.2, 0.25) is 0 Å². The van der Waals surface area contributed by atoms with Crippen LogP contribution < -0.4 is 19.7 Å². The van der Waals surface area contributed by atoms with Gasteiger partial charge in [-0.3, -0.25) is 5.10 Å². The van der Waals surface area contributed by atoms with Gasteiger partial charge in [0, 0.05) is 48.4 Å². The minimum atomic E-state index is 0.712. The number of hydrogen-bond donors (Lipinski definition) is 2. The zero-order chi connectivity index (χ0) is 21.6. The number of hydrogen-bond acceptors (Lipinski definition) is 8. The molecule has 164 valence electrons. The molecule has 0 bridgehead atoms. The SMILES string of the molecule is COc1cc(CSc2cc(Nc3cc(C)[nH]n3)cc(N3CCOCC3)n2)cc(OC)c1. The van der Waals surface area contributed by atoms with Crippen molar-refractivity contribution < 1.29 is 14.2 Å². The van der Waals surface area contributed by atoms with Gasteiger partial charge in [0.15, 0.2) is 5.82 Å². The van der Waals surface area contributed by atoms with Crippen molar-refractivity contribution in [3.63, 3.8) is 0 Å². The Morgan fingerprint density at radius 1 is 1.06 bits per heavy atom. The Hall–Kier alpha value is -2.91. The Balaban J connectivity index is 1.57. The molecule has 0 radical (unpaired) electrons. The van der Waals surface area contributed by atoms with Crippen molar-refractivity contribution in [3.05, 3.63) is 47.7 Å². The van der Waals surface area contributed by atoms with E-state index in [9.17, 15) is 0 Å². The Morgan fingerprint density at radius 3 is 2.45 bits per heavy atom. The van der Waals surface area contributed by atoms with E-state index >= 15 is 0 Å². The molecule has 1 aromatic carbocycles. The molecule has 4 rings (SSSR count). The van der Waals surface area contributed by atoms with Crippen LogP contribution >= 0.6 is 11.8 Å². The first kappa shape index (κ1) is 21.3. The van der Waals surface area contributed by atoms with Gasteiger partial charge in [0.05, 0.1) is 27.4 Å². The van der Waals surface area contributed by atoms with Crippen molar-refractivity contribution in [2.45, 2.75) is 17.7 Å². The fourth-order valence-electron chi connectivity index (χ4n) is 3.33. The van der Waals surface area contributed by atoms with Crippen LogP contribution in [0.25, 0.3) is 0 Å². The Labute approximate surface area is 186 Å². The summed E-state index contributed by atoms with van der Waals surface area (Å²) in [5, 5.41) is 11.6. The second-order valence-electron chi connectivity index (χ2n) is 7.22. The summed E-state index contributed by atoms with van der Waals surface area (Å²) in [6.45, 7) is 5.06. The molecule has 1 aliphatic rings. The molecule has 3 heterocycles. The standard InChI is InChI=1S/C22H27N5O3S/c1-15-8-20(26-25-15)23-17-11-21(27-4-6-30-7-5-27)24-22(12-17)31-14-16-9-18(28-2)13-19(10-16)29-3/h8-13H,4-7,14H2,1-3H3,(H2,23,24,25,26). The molecule has 0 atom stereocenters. The van der Waals surface area contributed by atoms with Crippen LogP contribution in [0.5, 0.6) is 11.5 Å². The summed E-state index contributed by atoms with van der Waals surface area (Å²) in [6, 6.07) is 12.0. The molecule has 1 saturated heterocycles. The monoisotopic (exact) mass is 441 g/mol. The first-order valence-electron chi connectivity index (χ1n) is 10.1. The van der Waals surface area contributed by atoms with Crippen LogP contribution in [0.4, 0.5) is 17.3 Å². The van der Waals surface area contributed by atoms with E-state index in [-0.39, 0.29) is 0 Å². The average molecular weight is 442 g/mol. The zero-order valence-corrected chi connectivity index (χ0v) is 18.8. The van der Waals surface area contributed by atoms with E-state index in [0.29, 0.717) is 13.2 Å². The number of H-pyrrole nitrogens is 1. The number of anilines is 3. The summed E-state index contributed by atoms with van der Waals surface area (Å²) in [7, 11) is 3.32. The number of thioether (sulfide) groups is 1. The Morgan fingerprint density at radius 2 is 1.81 bits per heavy atom. The molecule has 1 fully saturated rings. The molecule has 1 aliphatic heterocycles. The highest BCUT2D eigenvalue weighted by Gasteiger charge is 2.15. The normalized spacial score (nSPS) is 13.8. The fourth-order valence-corrected chi connectivity index (χ4v) is 4.18. The summed E-state index contributed by atoms with van der Waals surface area (Å²) in [6.07, 6.45) is 0. The highest BCUT2D eigenvalue weighted by Crippen LogP contribution is 2.31. The van der Waals surface area contributed by atoms with E-state index in [1.165, 1.54) is 0 Å². The van der Waals surface area contributed by atoms with Gasteiger partial charge in [-0.05, 0) is 30.7 Å². The molecule has 0 amide bonds. The van der Waals surface area contributed by atoms with Gasteiger partial charge in [0.25, 0.3) is 0 Å². The van der Waals surface area contributed by atoms with Gasteiger partial charge in [0.2, 0.25) is 0 Å². The molecule has 31 heavy (non-hydrogen) atoms. The van der Waals surface area contributed by atoms with Gasteiger partial charge in [-0.25, -0.2) is 4.98 Å². The third-order valence-electron chi connectivity index (χ3n) is 4.90. The van der Waals surface area contributed by atoms with E-state index in [0.717, 1.165) is 63.9 Å². The maximum Gasteiger partial charge on any atom is 0.152 e. The van der Waals surface area contributed by atoms with Crippen molar-refractivity contribution in [2.75, 3.05) is 50.7 Å². The second-order valence-corrected chi connectivity index (χ2v) is 8.22. The van der Waals surface area contributed by atoms with Crippen LogP contribution in [-0.4, -0.2) is 55.7 Å². The van der Waals surface area contributed by atoms with E-state index < -0.39 is 0 Å². The number of morpholine rings is 1. The third-order valence-corrected chi connectivity index (χ3v) is 5.88.